The van der Waals surface area contributed by atoms with Gasteiger partial charge in [-0.05, 0) is 38.5 Å². The third-order valence-corrected chi connectivity index (χ3v) is 3.87. The standard InChI is InChI=1S/C11H25NOS/c1-4-11(12-3)6-5-9-14-10(2)7-8-13/h10-13H,4-9H2,1-3H3. The second kappa shape index (κ2) is 9.81. The van der Waals surface area contributed by atoms with Crippen LogP contribution in [0.25, 0.3) is 0 Å². The second-order valence-electron chi connectivity index (χ2n) is 3.73. The Morgan fingerprint density at radius 1 is 1.36 bits per heavy atom. The highest BCUT2D eigenvalue weighted by Gasteiger charge is 2.04. The van der Waals surface area contributed by atoms with Gasteiger partial charge in [0.1, 0.15) is 0 Å². The van der Waals surface area contributed by atoms with Gasteiger partial charge in [-0.15, -0.1) is 0 Å². The Labute approximate surface area is 92.9 Å². The van der Waals surface area contributed by atoms with E-state index in [0.29, 0.717) is 17.9 Å². The van der Waals surface area contributed by atoms with Crippen LogP contribution in [-0.2, 0) is 0 Å². The van der Waals surface area contributed by atoms with Crippen molar-refractivity contribution in [3.8, 4) is 0 Å². The maximum absolute atomic E-state index is 8.73. The minimum Gasteiger partial charge on any atom is -0.396 e. The van der Waals surface area contributed by atoms with E-state index in [0.717, 1.165) is 6.42 Å². The van der Waals surface area contributed by atoms with Gasteiger partial charge < -0.3 is 10.4 Å². The molecule has 2 atom stereocenters. The third kappa shape index (κ3) is 7.65. The van der Waals surface area contributed by atoms with Gasteiger partial charge in [-0.25, -0.2) is 0 Å². The molecule has 0 aromatic carbocycles. The summed E-state index contributed by atoms with van der Waals surface area (Å²) >= 11 is 1.98. The number of hydrogen-bond acceptors (Lipinski definition) is 3. The molecule has 0 amide bonds. The van der Waals surface area contributed by atoms with Crippen LogP contribution in [0.4, 0.5) is 0 Å². The lowest BCUT2D eigenvalue weighted by Crippen LogP contribution is -2.24. The molecule has 0 aliphatic carbocycles. The molecule has 0 bridgehead atoms. The van der Waals surface area contributed by atoms with E-state index in [4.69, 9.17) is 5.11 Å². The SMILES string of the molecule is CCC(CCCSC(C)CCO)NC. The summed E-state index contributed by atoms with van der Waals surface area (Å²) in [7, 11) is 2.04. The van der Waals surface area contributed by atoms with Crippen LogP contribution >= 0.6 is 11.8 Å². The zero-order chi connectivity index (χ0) is 10.8. The first kappa shape index (κ1) is 14.3. The molecule has 3 heteroatoms. The molecule has 2 N–H and O–H groups in total. The molecule has 14 heavy (non-hydrogen) atoms. The van der Waals surface area contributed by atoms with Crippen molar-refractivity contribution in [2.45, 2.75) is 50.8 Å². The molecule has 86 valence electrons. The van der Waals surface area contributed by atoms with Crippen molar-refractivity contribution < 1.29 is 5.11 Å². The van der Waals surface area contributed by atoms with Crippen LogP contribution in [-0.4, -0.2) is 35.8 Å². The largest absolute Gasteiger partial charge is 0.396 e. The van der Waals surface area contributed by atoms with E-state index in [-0.39, 0.29) is 0 Å². The number of aliphatic hydroxyl groups excluding tert-OH is 1. The maximum Gasteiger partial charge on any atom is 0.0441 e. The van der Waals surface area contributed by atoms with E-state index in [1.807, 2.05) is 18.8 Å². The Morgan fingerprint density at radius 3 is 2.57 bits per heavy atom. The molecule has 0 spiro atoms. The zero-order valence-corrected chi connectivity index (χ0v) is 10.6. The summed E-state index contributed by atoms with van der Waals surface area (Å²) in [6, 6.07) is 0.684. The van der Waals surface area contributed by atoms with Gasteiger partial charge in [0.15, 0.2) is 0 Å². The van der Waals surface area contributed by atoms with Crippen molar-refractivity contribution in [3.05, 3.63) is 0 Å². The molecule has 0 aromatic heterocycles. The number of hydrogen-bond donors (Lipinski definition) is 2. The molecule has 0 fully saturated rings. The van der Waals surface area contributed by atoms with Gasteiger partial charge in [-0.2, -0.15) is 11.8 Å². The van der Waals surface area contributed by atoms with Crippen LogP contribution in [0.3, 0.4) is 0 Å². The number of nitrogens with one attached hydrogen (secondary N) is 1. The van der Waals surface area contributed by atoms with E-state index >= 15 is 0 Å². The van der Waals surface area contributed by atoms with Crippen LogP contribution in [0.2, 0.25) is 0 Å². The smallest absolute Gasteiger partial charge is 0.0441 e. The fourth-order valence-electron chi connectivity index (χ4n) is 1.43. The van der Waals surface area contributed by atoms with Gasteiger partial charge in [-0.3, -0.25) is 0 Å². The van der Waals surface area contributed by atoms with Crippen molar-refractivity contribution in [1.82, 2.24) is 5.32 Å². The molecule has 0 heterocycles. The molecule has 0 aromatic rings. The molecule has 0 aliphatic rings. The highest BCUT2D eigenvalue weighted by Crippen LogP contribution is 2.16. The first-order chi connectivity index (χ1) is 6.74. The molecule has 0 saturated heterocycles. The Bertz CT molecular complexity index is 118. The minimum absolute atomic E-state index is 0.322. The van der Waals surface area contributed by atoms with E-state index in [2.05, 4.69) is 19.2 Å². The molecular weight excluding hydrogens is 194 g/mol. The average Bonchev–Trinajstić information content (AvgIpc) is 2.19. The summed E-state index contributed by atoms with van der Waals surface area (Å²) in [5.74, 6) is 1.22. The molecule has 0 saturated carbocycles. The Morgan fingerprint density at radius 2 is 2.07 bits per heavy atom. The predicted molar refractivity (Wildman–Crippen MR) is 66.0 cm³/mol. The van der Waals surface area contributed by atoms with Crippen molar-refractivity contribution in [3.63, 3.8) is 0 Å². The summed E-state index contributed by atoms with van der Waals surface area (Å²) in [6.45, 7) is 4.74. The van der Waals surface area contributed by atoms with Gasteiger partial charge in [0.25, 0.3) is 0 Å². The van der Waals surface area contributed by atoms with E-state index < -0.39 is 0 Å². The predicted octanol–water partition coefficient (Wildman–Crippen LogP) is 2.27. The monoisotopic (exact) mass is 219 g/mol. The second-order valence-corrected chi connectivity index (χ2v) is 5.28. The number of aliphatic hydroxyl groups is 1. The Balaban J connectivity index is 3.27. The number of thioether (sulfide) groups is 1. The van der Waals surface area contributed by atoms with Gasteiger partial charge in [-0.1, -0.05) is 13.8 Å². The van der Waals surface area contributed by atoms with Crippen LogP contribution in [0.15, 0.2) is 0 Å². The van der Waals surface area contributed by atoms with Crippen molar-refractivity contribution in [2.75, 3.05) is 19.4 Å². The normalized spacial score (nSPS) is 15.4. The van der Waals surface area contributed by atoms with Gasteiger partial charge in [0.2, 0.25) is 0 Å². The van der Waals surface area contributed by atoms with E-state index in [1.54, 1.807) is 0 Å². The lowest BCUT2D eigenvalue weighted by atomic mass is 10.1. The Kier molecular flexibility index (Phi) is 10.0. The zero-order valence-electron chi connectivity index (χ0n) is 9.75. The summed E-state index contributed by atoms with van der Waals surface area (Å²) < 4.78 is 0. The molecular formula is C11H25NOS. The summed E-state index contributed by atoms with van der Waals surface area (Å²) in [4.78, 5) is 0. The van der Waals surface area contributed by atoms with Crippen molar-refractivity contribution in [1.29, 1.82) is 0 Å². The highest BCUT2D eigenvalue weighted by molar-refractivity contribution is 7.99. The Hall–Kier alpha value is 0.270. The summed E-state index contributed by atoms with van der Waals surface area (Å²) in [6.07, 6.45) is 4.69. The maximum atomic E-state index is 8.73. The molecule has 2 nitrogen and oxygen atoms in total. The topological polar surface area (TPSA) is 32.3 Å². The van der Waals surface area contributed by atoms with Crippen LogP contribution in [0.1, 0.15) is 39.5 Å². The number of rotatable bonds is 9. The van der Waals surface area contributed by atoms with Gasteiger partial charge in [0.05, 0.1) is 0 Å². The lowest BCUT2D eigenvalue weighted by molar-refractivity contribution is 0.289. The van der Waals surface area contributed by atoms with Crippen LogP contribution in [0.5, 0.6) is 0 Å². The van der Waals surface area contributed by atoms with Gasteiger partial charge in [0, 0.05) is 17.9 Å². The quantitative estimate of drug-likeness (QED) is 0.584. The first-order valence-corrected chi connectivity index (χ1v) is 6.69. The van der Waals surface area contributed by atoms with Crippen LogP contribution < -0.4 is 5.32 Å². The molecule has 0 aliphatic heterocycles. The van der Waals surface area contributed by atoms with Crippen molar-refractivity contribution >= 4 is 11.8 Å². The van der Waals surface area contributed by atoms with Crippen LogP contribution in [0, 0.1) is 0 Å². The average molecular weight is 219 g/mol. The fraction of sp³-hybridized carbons (Fsp3) is 1.00. The third-order valence-electron chi connectivity index (χ3n) is 2.54. The van der Waals surface area contributed by atoms with E-state index in [1.165, 1.54) is 25.0 Å². The summed E-state index contributed by atoms with van der Waals surface area (Å²) in [5, 5.41) is 12.7. The van der Waals surface area contributed by atoms with E-state index in [9.17, 15) is 0 Å². The highest BCUT2D eigenvalue weighted by atomic mass is 32.2. The van der Waals surface area contributed by atoms with Crippen molar-refractivity contribution in [2.24, 2.45) is 0 Å². The summed E-state index contributed by atoms with van der Waals surface area (Å²) in [5.41, 5.74) is 0. The minimum atomic E-state index is 0.322. The molecule has 0 rings (SSSR count). The lowest BCUT2D eigenvalue weighted by Gasteiger charge is -2.14. The fourth-order valence-corrected chi connectivity index (χ4v) is 2.44. The molecule has 2 unspecified atom stereocenters. The first-order valence-electron chi connectivity index (χ1n) is 5.64. The van der Waals surface area contributed by atoms with Gasteiger partial charge >= 0.3 is 0 Å². The molecule has 0 radical (unpaired) electrons.